The first-order chi connectivity index (χ1) is 11.2. The average molecular weight is 351 g/mol. The Hall–Kier alpha value is -2.24. The summed E-state index contributed by atoms with van der Waals surface area (Å²) in [4.78, 5) is 11.8. The van der Waals surface area contributed by atoms with E-state index in [1.165, 1.54) is 0 Å². The molecule has 6 heteroatoms. The second kappa shape index (κ2) is 10.5. The number of hydrogen-bond donors (Lipinski definition) is 2. The number of nitrogens with one attached hydrogen (secondary N) is 1. The Labute approximate surface area is 148 Å². The molecule has 2 aromatic rings. The highest BCUT2D eigenvalue weighted by atomic mass is 35.5. The molecule has 0 heterocycles. The molecule has 1 unspecified atom stereocenters. The van der Waals surface area contributed by atoms with E-state index in [0.29, 0.717) is 18.9 Å². The van der Waals surface area contributed by atoms with Crippen molar-refractivity contribution in [2.45, 2.75) is 13.0 Å². The highest BCUT2D eigenvalue weighted by Gasteiger charge is 2.08. The number of carbonyl (C=O) groups excluding carboxylic acids is 1. The molecule has 0 aliphatic rings. The van der Waals surface area contributed by atoms with Gasteiger partial charge in [-0.05, 0) is 36.8 Å². The molecule has 1 amide bonds. The van der Waals surface area contributed by atoms with Crippen LogP contribution < -0.4 is 20.5 Å². The van der Waals surface area contributed by atoms with Crippen molar-refractivity contribution in [1.82, 2.24) is 5.32 Å². The Morgan fingerprint density at radius 3 is 2.21 bits per heavy atom. The van der Waals surface area contributed by atoms with Gasteiger partial charge in [0, 0.05) is 12.6 Å². The van der Waals surface area contributed by atoms with Gasteiger partial charge in [0.25, 0.3) is 5.91 Å². The van der Waals surface area contributed by atoms with Crippen LogP contribution in [-0.4, -0.2) is 25.7 Å². The summed E-state index contributed by atoms with van der Waals surface area (Å²) in [5, 5.41) is 2.77. The normalized spacial score (nSPS) is 11.1. The lowest BCUT2D eigenvalue weighted by molar-refractivity contribution is -0.123. The van der Waals surface area contributed by atoms with Gasteiger partial charge in [0.05, 0.1) is 6.61 Å². The van der Waals surface area contributed by atoms with E-state index in [1.54, 1.807) is 12.1 Å². The maximum absolute atomic E-state index is 11.8. The fourth-order valence-corrected chi connectivity index (χ4v) is 2.04. The minimum atomic E-state index is -0.231. The third kappa shape index (κ3) is 6.48. The number of benzene rings is 2. The van der Waals surface area contributed by atoms with Crippen molar-refractivity contribution in [1.29, 1.82) is 0 Å². The zero-order valence-corrected chi connectivity index (χ0v) is 14.4. The molecule has 0 aliphatic carbocycles. The topological polar surface area (TPSA) is 73.6 Å². The molecule has 0 aliphatic heterocycles. The van der Waals surface area contributed by atoms with Gasteiger partial charge in [-0.15, -0.1) is 12.4 Å². The summed E-state index contributed by atoms with van der Waals surface area (Å²) in [6, 6.07) is 16.6. The van der Waals surface area contributed by atoms with Crippen LogP contribution in [-0.2, 0) is 4.79 Å². The average Bonchev–Trinajstić information content (AvgIpc) is 2.60. The van der Waals surface area contributed by atoms with Crippen LogP contribution in [0, 0.1) is 0 Å². The first kappa shape index (κ1) is 19.8. The largest absolute Gasteiger partial charge is 0.494 e. The number of nitrogens with two attached hydrogens (primary N) is 1. The van der Waals surface area contributed by atoms with Crippen molar-refractivity contribution < 1.29 is 14.3 Å². The van der Waals surface area contributed by atoms with E-state index >= 15 is 0 Å². The molecule has 0 radical (unpaired) electrons. The van der Waals surface area contributed by atoms with Crippen molar-refractivity contribution >= 4 is 18.3 Å². The number of rotatable bonds is 8. The Bertz CT molecular complexity index is 605. The van der Waals surface area contributed by atoms with Crippen molar-refractivity contribution in [3.8, 4) is 11.5 Å². The van der Waals surface area contributed by atoms with Gasteiger partial charge in [-0.2, -0.15) is 0 Å². The van der Waals surface area contributed by atoms with Crippen LogP contribution in [0.2, 0.25) is 0 Å². The highest BCUT2D eigenvalue weighted by molar-refractivity contribution is 5.85. The molecule has 2 aromatic carbocycles. The predicted molar refractivity (Wildman–Crippen MR) is 96.7 cm³/mol. The molecule has 0 saturated carbocycles. The van der Waals surface area contributed by atoms with Crippen molar-refractivity contribution in [2.24, 2.45) is 5.73 Å². The summed E-state index contributed by atoms with van der Waals surface area (Å²) in [5.41, 5.74) is 7.01. The molecule has 130 valence electrons. The van der Waals surface area contributed by atoms with Gasteiger partial charge in [-0.3, -0.25) is 4.79 Å². The summed E-state index contributed by atoms with van der Waals surface area (Å²) in [7, 11) is 0. The minimum Gasteiger partial charge on any atom is -0.494 e. The fourth-order valence-electron chi connectivity index (χ4n) is 2.04. The number of hydrogen-bond acceptors (Lipinski definition) is 4. The lowest BCUT2D eigenvalue weighted by atomic mass is 10.1. The van der Waals surface area contributed by atoms with Gasteiger partial charge in [-0.25, -0.2) is 0 Å². The highest BCUT2D eigenvalue weighted by Crippen LogP contribution is 2.17. The van der Waals surface area contributed by atoms with Gasteiger partial charge in [0.15, 0.2) is 6.61 Å². The van der Waals surface area contributed by atoms with E-state index in [9.17, 15) is 4.79 Å². The second-order valence-corrected chi connectivity index (χ2v) is 5.01. The third-order valence-corrected chi connectivity index (χ3v) is 3.25. The monoisotopic (exact) mass is 350 g/mol. The molecular weight excluding hydrogens is 328 g/mol. The summed E-state index contributed by atoms with van der Waals surface area (Å²) in [6.07, 6.45) is 0. The van der Waals surface area contributed by atoms with Crippen LogP contribution in [0.4, 0.5) is 0 Å². The van der Waals surface area contributed by atoms with Crippen molar-refractivity contribution in [2.75, 3.05) is 19.8 Å². The van der Waals surface area contributed by atoms with Crippen LogP contribution in [0.25, 0.3) is 0 Å². The molecule has 3 N–H and O–H groups in total. The van der Waals surface area contributed by atoms with E-state index in [4.69, 9.17) is 15.2 Å². The summed E-state index contributed by atoms with van der Waals surface area (Å²) in [5.74, 6) is 1.19. The van der Waals surface area contributed by atoms with Crippen LogP contribution in [0.5, 0.6) is 11.5 Å². The van der Waals surface area contributed by atoms with Crippen LogP contribution in [0.1, 0.15) is 18.5 Å². The van der Waals surface area contributed by atoms with E-state index in [2.05, 4.69) is 5.32 Å². The van der Waals surface area contributed by atoms with Crippen molar-refractivity contribution in [3.63, 3.8) is 0 Å². The molecule has 0 bridgehead atoms. The number of halogens is 1. The molecule has 0 fully saturated rings. The van der Waals surface area contributed by atoms with Crippen LogP contribution in [0.15, 0.2) is 54.6 Å². The Morgan fingerprint density at radius 2 is 1.62 bits per heavy atom. The zero-order chi connectivity index (χ0) is 16.5. The maximum atomic E-state index is 11.8. The Balaban J connectivity index is 0.00000288. The standard InChI is InChI=1S/C18H22N2O3.ClH/c1-2-22-15-8-10-16(11-9-15)23-13-18(21)20-12-17(19)14-6-4-3-5-7-14;/h3-11,17H,2,12-13,19H2,1H3,(H,20,21);1H. The van der Waals surface area contributed by atoms with Gasteiger partial charge in [0.2, 0.25) is 0 Å². The van der Waals surface area contributed by atoms with Crippen molar-refractivity contribution in [3.05, 3.63) is 60.2 Å². The Kier molecular flexibility index (Phi) is 8.68. The smallest absolute Gasteiger partial charge is 0.258 e. The number of amides is 1. The lowest BCUT2D eigenvalue weighted by Gasteiger charge is -2.13. The molecule has 2 rings (SSSR count). The second-order valence-electron chi connectivity index (χ2n) is 5.01. The predicted octanol–water partition coefficient (Wildman–Crippen LogP) is 2.70. The number of ether oxygens (including phenoxy) is 2. The van der Waals surface area contributed by atoms with Crippen LogP contribution in [0.3, 0.4) is 0 Å². The Morgan fingerprint density at radius 1 is 1.04 bits per heavy atom. The molecule has 5 nitrogen and oxygen atoms in total. The molecule has 0 aromatic heterocycles. The van der Waals surface area contributed by atoms with Gasteiger partial charge in [0.1, 0.15) is 11.5 Å². The number of carbonyl (C=O) groups is 1. The van der Waals surface area contributed by atoms with E-state index in [-0.39, 0.29) is 31.0 Å². The summed E-state index contributed by atoms with van der Waals surface area (Å²) < 4.78 is 10.8. The van der Waals surface area contributed by atoms with Gasteiger partial charge < -0.3 is 20.5 Å². The molecule has 24 heavy (non-hydrogen) atoms. The van der Waals surface area contributed by atoms with E-state index in [1.807, 2.05) is 49.4 Å². The van der Waals surface area contributed by atoms with Crippen LogP contribution >= 0.6 is 12.4 Å². The molecule has 1 atom stereocenters. The zero-order valence-electron chi connectivity index (χ0n) is 13.6. The third-order valence-electron chi connectivity index (χ3n) is 3.25. The quantitative estimate of drug-likeness (QED) is 0.767. The summed E-state index contributed by atoms with van der Waals surface area (Å²) in [6.45, 7) is 2.87. The van der Waals surface area contributed by atoms with Gasteiger partial charge >= 0.3 is 0 Å². The molecular formula is C18H23ClN2O3. The first-order valence-electron chi connectivity index (χ1n) is 7.62. The molecule has 0 spiro atoms. The minimum absolute atomic E-state index is 0. The van der Waals surface area contributed by atoms with Gasteiger partial charge in [-0.1, -0.05) is 30.3 Å². The first-order valence-corrected chi connectivity index (χ1v) is 7.62. The van der Waals surface area contributed by atoms with E-state index in [0.717, 1.165) is 11.3 Å². The maximum Gasteiger partial charge on any atom is 0.258 e. The summed E-state index contributed by atoms with van der Waals surface area (Å²) >= 11 is 0. The van der Waals surface area contributed by atoms with E-state index < -0.39 is 0 Å². The SMILES string of the molecule is CCOc1ccc(OCC(=O)NCC(N)c2ccccc2)cc1.Cl. The molecule has 0 saturated heterocycles. The fraction of sp³-hybridized carbons (Fsp3) is 0.278. The lowest BCUT2D eigenvalue weighted by Crippen LogP contribution is -2.34.